The lowest BCUT2D eigenvalue weighted by atomic mass is 9.96. The number of rotatable bonds is 10. The molecule has 1 aromatic heterocycles. The van der Waals surface area contributed by atoms with Crippen LogP contribution < -0.4 is 10.6 Å². The highest BCUT2D eigenvalue weighted by Gasteiger charge is 2.29. The van der Waals surface area contributed by atoms with E-state index in [-0.39, 0.29) is 18.7 Å². The first-order valence-electron chi connectivity index (χ1n) is 13.2. The molecule has 4 rings (SSSR count). The number of anilines is 2. The molecular weight excluding hydrogens is 548 g/mol. The van der Waals surface area contributed by atoms with Gasteiger partial charge in [0.25, 0.3) is 0 Å². The van der Waals surface area contributed by atoms with Crippen molar-refractivity contribution in [3.8, 4) is 0 Å². The van der Waals surface area contributed by atoms with Gasteiger partial charge in [-0.1, -0.05) is 49.2 Å². The predicted octanol–water partition coefficient (Wildman–Crippen LogP) is 6.47. The highest BCUT2D eigenvalue weighted by Crippen LogP contribution is 2.41. The van der Waals surface area contributed by atoms with Gasteiger partial charge in [0.15, 0.2) is 0 Å². The van der Waals surface area contributed by atoms with Gasteiger partial charge in [0, 0.05) is 21.9 Å². The summed E-state index contributed by atoms with van der Waals surface area (Å²) in [5.41, 5.74) is 2.75. The number of ether oxygens (including phenoxy) is 1. The number of thioether (sulfide) groups is 1. The number of hydrogen-bond acceptors (Lipinski definition) is 7. The van der Waals surface area contributed by atoms with Crippen LogP contribution in [0.3, 0.4) is 0 Å². The maximum atomic E-state index is 13.8. The summed E-state index contributed by atoms with van der Waals surface area (Å²) in [4.78, 5) is 51.5. The maximum Gasteiger partial charge on any atom is 0.341 e. The third-order valence-corrected chi connectivity index (χ3v) is 9.03. The Balaban J connectivity index is 1.59. The molecule has 3 aromatic rings. The number of carboxylic acids is 1. The van der Waals surface area contributed by atoms with Crippen molar-refractivity contribution < 1.29 is 29.0 Å². The molecule has 0 saturated carbocycles. The molecule has 0 radical (unpaired) electrons. The zero-order chi connectivity index (χ0) is 28.5. The number of methoxy groups -OCH3 is 1. The van der Waals surface area contributed by atoms with Gasteiger partial charge in [0.05, 0.1) is 19.1 Å². The summed E-state index contributed by atoms with van der Waals surface area (Å²) in [6.45, 7) is 0. The van der Waals surface area contributed by atoms with Crippen LogP contribution in [0.4, 0.5) is 10.7 Å². The number of carbonyl (C=O) groups excluding carboxylic acids is 3. The molecule has 8 nitrogen and oxygen atoms in total. The molecule has 2 aromatic carbocycles. The van der Waals surface area contributed by atoms with Crippen LogP contribution in [0.5, 0.6) is 0 Å². The Hall–Kier alpha value is -3.63. The number of carbonyl (C=O) groups is 4. The first kappa shape index (κ1) is 29.4. The number of nitrogens with one attached hydrogen (secondary N) is 2. The molecule has 1 aliphatic carbocycles. The van der Waals surface area contributed by atoms with Crippen molar-refractivity contribution in [1.82, 2.24) is 0 Å². The Morgan fingerprint density at radius 1 is 0.950 bits per heavy atom. The van der Waals surface area contributed by atoms with E-state index in [4.69, 9.17) is 9.84 Å². The summed E-state index contributed by atoms with van der Waals surface area (Å²) < 4.78 is 5.12. The maximum absolute atomic E-state index is 13.8. The standard InChI is InChI=1S/C30H32N2O6S2/c1-38-30(37)26-22-14-7-2-3-8-15-23(22)40-29(26)32-28(36)27(19-10-5-4-6-11-19)39-21-13-9-12-20(18-21)31-24(33)16-17-25(34)35/h4-6,9-13,18,27H,2-3,7-8,14-17H2,1H3,(H,31,33)(H,32,36)(H,34,35). The SMILES string of the molecule is COC(=O)c1c(NC(=O)C(Sc2cccc(NC(=O)CCC(=O)O)c2)c2ccccc2)sc2c1CCCCCC2. The van der Waals surface area contributed by atoms with E-state index >= 15 is 0 Å². The van der Waals surface area contributed by atoms with Crippen molar-refractivity contribution in [3.05, 3.63) is 76.2 Å². The van der Waals surface area contributed by atoms with Gasteiger partial charge in [-0.25, -0.2) is 4.79 Å². The molecule has 3 N–H and O–H groups in total. The topological polar surface area (TPSA) is 122 Å². The van der Waals surface area contributed by atoms with Crippen molar-refractivity contribution in [2.24, 2.45) is 0 Å². The van der Waals surface area contributed by atoms with Gasteiger partial charge in [-0.15, -0.1) is 23.1 Å². The third kappa shape index (κ3) is 7.73. The number of amides is 2. The van der Waals surface area contributed by atoms with Gasteiger partial charge in [-0.3, -0.25) is 14.4 Å². The van der Waals surface area contributed by atoms with E-state index in [2.05, 4.69) is 10.6 Å². The zero-order valence-electron chi connectivity index (χ0n) is 22.2. The Labute approximate surface area is 241 Å². The molecule has 1 heterocycles. The summed E-state index contributed by atoms with van der Waals surface area (Å²) in [7, 11) is 1.36. The first-order valence-corrected chi connectivity index (χ1v) is 14.9. The minimum absolute atomic E-state index is 0.130. The van der Waals surface area contributed by atoms with E-state index in [0.717, 1.165) is 59.4 Å². The summed E-state index contributed by atoms with van der Waals surface area (Å²) >= 11 is 2.78. The van der Waals surface area contributed by atoms with Crippen molar-refractivity contribution in [2.75, 3.05) is 17.7 Å². The fourth-order valence-corrected chi connectivity index (χ4v) is 6.99. The molecule has 0 saturated heterocycles. The fourth-order valence-electron chi connectivity index (χ4n) is 4.63. The molecule has 10 heteroatoms. The summed E-state index contributed by atoms with van der Waals surface area (Å²) in [6, 6.07) is 16.4. The van der Waals surface area contributed by atoms with E-state index in [1.807, 2.05) is 36.4 Å². The van der Waals surface area contributed by atoms with Gasteiger partial charge in [0.1, 0.15) is 10.3 Å². The molecule has 1 aliphatic rings. The lowest BCUT2D eigenvalue weighted by Crippen LogP contribution is -2.20. The molecule has 0 spiro atoms. The quantitative estimate of drug-likeness (QED) is 0.186. The van der Waals surface area contributed by atoms with Gasteiger partial charge < -0.3 is 20.5 Å². The predicted molar refractivity (Wildman–Crippen MR) is 157 cm³/mol. The smallest absolute Gasteiger partial charge is 0.341 e. The minimum Gasteiger partial charge on any atom is -0.481 e. The summed E-state index contributed by atoms with van der Waals surface area (Å²) in [5.74, 6) is -2.15. The number of aryl methyl sites for hydroxylation is 1. The lowest BCUT2D eigenvalue weighted by molar-refractivity contribution is -0.138. The second-order valence-corrected chi connectivity index (χ2v) is 11.8. The highest BCUT2D eigenvalue weighted by molar-refractivity contribution is 8.00. The largest absolute Gasteiger partial charge is 0.481 e. The highest BCUT2D eigenvalue weighted by atomic mass is 32.2. The van der Waals surface area contributed by atoms with E-state index in [0.29, 0.717) is 16.3 Å². The van der Waals surface area contributed by atoms with Gasteiger partial charge >= 0.3 is 11.9 Å². The van der Waals surface area contributed by atoms with Gasteiger partial charge in [-0.05, 0) is 55.0 Å². The van der Waals surface area contributed by atoms with Gasteiger partial charge in [0.2, 0.25) is 11.8 Å². The summed E-state index contributed by atoms with van der Waals surface area (Å²) in [5, 5.41) is 14.5. The van der Waals surface area contributed by atoms with Crippen molar-refractivity contribution in [3.63, 3.8) is 0 Å². The number of benzene rings is 2. The Bertz CT molecular complexity index is 1370. The number of fused-ring (bicyclic) bond motifs is 1. The number of aliphatic carboxylic acids is 1. The Morgan fingerprint density at radius 3 is 2.42 bits per heavy atom. The number of carboxylic acid groups (broad SMARTS) is 1. The van der Waals surface area contributed by atoms with E-state index < -0.39 is 23.1 Å². The van der Waals surface area contributed by atoms with Gasteiger partial charge in [-0.2, -0.15) is 0 Å². The molecular formula is C30H32N2O6S2. The second kappa shape index (κ2) is 14.1. The zero-order valence-corrected chi connectivity index (χ0v) is 23.9. The van der Waals surface area contributed by atoms with E-state index in [1.165, 1.54) is 30.2 Å². The van der Waals surface area contributed by atoms with Crippen molar-refractivity contribution in [2.45, 2.75) is 61.5 Å². The number of esters is 1. The van der Waals surface area contributed by atoms with Crippen LogP contribution in [-0.2, 0) is 32.0 Å². The fraction of sp³-hybridized carbons (Fsp3) is 0.333. The molecule has 1 unspecified atom stereocenters. The molecule has 40 heavy (non-hydrogen) atoms. The van der Waals surface area contributed by atoms with Crippen molar-refractivity contribution >= 4 is 57.5 Å². The average Bonchev–Trinajstić information content (AvgIpc) is 3.26. The van der Waals surface area contributed by atoms with Crippen LogP contribution in [0.2, 0.25) is 0 Å². The monoisotopic (exact) mass is 580 g/mol. The first-order chi connectivity index (χ1) is 19.4. The summed E-state index contributed by atoms with van der Waals surface area (Å²) in [6.07, 6.45) is 5.59. The number of thiophene rings is 1. The van der Waals surface area contributed by atoms with E-state index in [1.54, 1.807) is 18.2 Å². The van der Waals surface area contributed by atoms with Crippen LogP contribution in [0.15, 0.2) is 59.5 Å². The molecule has 0 bridgehead atoms. The molecule has 0 aliphatic heterocycles. The molecule has 2 amide bonds. The molecule has 210 valence electrons. The number of hydrogen-bond donors (Lipinski definition) is 3. The molecule has 1 atom stereocenters. The van der Waals surface area contributed by atoms with Crippen LogP contribution >= 0.6 is 23.1 Å². The van der Waals surface area contributed by atoms with Crippen LogP contribution in [0, 0.1) is 0 Å². The van der Waals surface area contributed by atoms with E-state index in [9.17, 15) is 19.2 Å². The Kier molecular flexibility index (Phi) is 10.4. The normalized spacial score (nSPS) is 13.7. The third-order valence-electron chi connectivity index (χ3n) is 6.58. The van der Waals surface area contributed by atoms with Crippen molar-refractivity contribution in [1.29, 1.82) is 0 Å². The second-order valence-electron chi connectivity index (χ2n) is 9.48. The lowest BCUT2D eigenvalue weighted by Gasteiger charge is -2.18. The minimum atomic E-state index is -1.04. The van der Waals surface area contributed by atoms with Crippen LogP contribution in [0.1, 0.15) is 70.1 Å². The Morgan fingerprint density at radius 2 is 1.70 bits per heavy atom. The molecule has 0 fully saturated rings. The average molecular weight is 581 g/mol. The van der Waals surface area contributed by atoms with Crippen LogP contribution in [-0.4, -0.2) is 36.0 Å². The van der Waals surface area contributed by atoms with Crippen LogP contribution in [0.25, 0.3) is 0 Å².